The van der Waals surface area contributed by atoms with Crippen LogP contribution in [0.1, 0.15) is 34.6 Å². The van der Waals surface area contributed by atoms with Crippen molar-refractivity contribution < 1.29 is 19.1 Å². The highest BCUT2D eigenvalue weighted by molar-refractivity contribution is 7.15. The Morgan fingerprint density at radius 1 is 1.21 bits per heavy atom. The van der Waals surface area contributed by atoms with E-state index in [1.807, 2.05) is 36.6 Å². The Balaban J connectivity index is 1.95. The Bertz CT molecular complexity index is 976. The Kier molecular flexibility index (Phi) is 6.10. The van der Waals surface area contributed by atoms with Gasteiger partial charge in [-0.1, -0.05) is 12.1 Å². The summed E-state index contributed by atoms with van der Waals surface area (Å²) < 4.78 is 12.1. The van der Waals surface area contributed by atoms with Gasteiger partial charge in [-0.2, -0.15) is 5.10 Å². The van der Waals surface area contributed by atoms with Crippen molar-refractivity contribution in [2.75, 3.05) is 19.0 Å². The number of esters is 1. The van der Waals surface area contributed by atoms with E-state index < -0.39 is 5.97 Å². The highest BCUT2D eigenvalue weighted by Crippen LogP contribution is 2.37. The van der Waals surface area contributed by atoms with Gasteiger partial charge < -0.3 is 14.8 Å². The molecule has 0 spiro atoms. The van der Waals surface area contributed by atoms with Crippen molar-refractivity contribution in [3.63, 3.8) is 0 Å². The fraction of sp³-hybridized carbons (Fsp3) is 0.250. The number of thiophene rings is 1. The monoisotopic (exact) mass is 399 g/mol. The Labute approximate surface area is 166 Å². The van der Waals surface area contributed by atoms with E-state index in [0.717, 1.165) is 11.3 Å². The van der Waals surface area contributed by atoms with Gasteiger partial charge in [-0.05, 0) is 31.5 Å². The summed E-state index contributed by atoms with van der Waals surface area (Å²) >= 11 is 1.28. The molecule has 1 aromatic carbocycles. The van der Waals surface area contributed by atoms with Crippen LogP contribution in [0.4, 0.5) is 5.00 Å². The normalized spacial score (nSPS) is 10.5. The standard InChI is InChI=1S/C20H21N3O4S/c1-4-23-11-14(10-21-23)18(24)22-19-17(20(25)27-5-2)16(12-28-19)13-6-8-15(26-3)9-7-13/h6-12H,4-5H2,1-3H3,(H,22,24). The zero-order valence-electron chi connectivity index (χ0n) is 15.9. The maximum absolute atomic E-state index is 12.6. The summed E-state index contributed by atoms with van der Waals surface area (Å²) in [6, 6.07) is 7.36. The summed E-state index contributed by atoms with van der Waals surface area (Å²) in [4.78, 5) is 25.2. The summed E-state index contributed by atoms with van der Waals surface area (Å²) in [5.74, 6) is -0.0828. The van der Waals surface area contributed by atoms with Crippen LogP contribution < -0.4 is 10.1 Å². The predicted octanol–water partition coefficient (Wildman–Crippen LogP) is 4.07. The number of rotatable bonds is 7. The fourth-order valence-corrected chi connectivity index (χ4v) is 3.62. The van der Waals surface area contributed by atoms with Gasteiger partial charge in [-0.25, -0.2) is 4.79 Å². The number of nitrogens with one attached hydrogen (secondary N) is 1. The molecular weight excluding hydrogens is 378 g/mol. The third-order valence-electron chi connectivity index (χ3n) is 4.12. The van der Waals surface area contributed by atoms with Gasteiger partial charge >= 0.3 is 5.97 Å². The highest BCUT2D eigenvalue weighted by Gasteiger charge is 2.23. The second kappa shape index (κ2) is 8.71. The number of aromatic nitrogens is 2. The zero-order chi connectivity index (χ0) is 20.1. The molecule has 2 aromatic heterocycles. The van der Waals surface area contributed by atoms with E-state index >= 15 is 0 Å². The molecule has 2 heterocycles. The summed E-state index contributed by atoms with van der Waals surface area (Å²) in [7, 11) is 1.60. The maximum Gasteiger partial charge on any atom is 0.341 e. The van der Waals surface area contributed by atoms with Crippen LogP contribution in [0, 0.1) is 0 Å². The smallest absolute Gasteiger partial charge is 0.341 e. The van der Waals surface area contributed by atoms with Gasteiger partial charge in [0.2, 0.25) is 0 Å². The summed E-state index contributed by atoms with van der Waals surface area (Å²) in [6.07, 6.45) is 3.16. The molecule has 0 unspecified atom stereocenters. The number of carbonyl (C=O) groups is 2. The fourth-order valence-electron chi connectivity index (χ4n) is 2.67. The highest BCUT2D eigenvalue weighted by atomic mass is 32.1. The molecule has 3 rings (SSSR count). The van der Waals surface area contributed by atoms with Crippen LogP contribution in [0.15, 0.2) is 42.0 Å². The van der Waals surface area contributed by atoms with Gasteiger partial charge in [0.25, 0.3) is 5.91 Å². The lowest BCUT2D eigenvalue weighted by Crippen LogP contribution is -2.14. The van der Waals surface area contributed by atoms with Gasteiger partial charge in [0, 0.05) is 23.7 Å². The molecule has 3 aromatic rings. The van der Waals surface area contributed by atoms with Crippen LogP contribution in [0.3, 0.4) is 0 Å². The van der Waals surface area contributed by atoms with Crippen molar-refractivity contribution in [1.29, 1.82) is 0 Å². The molecule has 1 N–H and O–H groups in total. The number of nitrogens with zero attached hydrogens (tertiary/aromatic N) is 2. The predicted molar refractivity (Wildman–Crippen MR) is 108 cm³/mol. The summed E-state index contributed by atoms with van der Waals surface area (Å²) in [6.45, 7) is 4.60. The second-order valence-electron chi connectivity index (χ2n) is 5.84. The van der Waals surface area contributed by atoms with E-state index in [0.29, 0.717) is 28.2 Å². The number of anilines is 1. The first kappa shape index (κ1) is 19.6. The molecule has 8 heteroatoms. The lowest BCUT2D eigenvalue weighted by molar-refractivity contribution is 0.0529. The lowest BCUT2D eigenvalue weighted by atomic mass is 10.0. The average Bonchev–Trinajstić information content (AvgIpc) is 3.35. The summed E-state index contributed by atoms with van der Waals surface area (Å²) in [5.41, 5.74) is 2.30. The number of amides is 1. The summed E-state index contributed by atoms with van der Waals surface area (Å²) in [5, 5.41) is 9.20. The molecule has 0 bridgehead atoms. The third kappa shape index (κ3) is 4.07. The van der Waals surface area contributed by atoms with Crippen molar-refractivity contribution in [3.05, 3.63) is 53.2 Å². The first-order valence-electron chi connectivity index (χ1n) is 8.84. The molecule has 28 heavy (non-hydrogen) atoms. The van der Waals surface area contributed by atoms with E-state index in [-0.39, 0.29) is 12.5 Å². The third-order valence-corrected chi connectivity index (χ3v) is 5.01. The van der Waals surface area contributed by atoms with Crippen molar-refractivity contribution in [2.24, 2.45) is 0 Å². The van der Waals surface area contributed by atoms with E-state index in [1.54, 1.807) is 24.9 Å². The molecule has 0 radical (unpaired) electrons. The Hall–Kier alpha value is -3.13. The topological polar surface area (TPSA) is 82.4 Å². The van der Waals surface area contributed by atoms with Crippen LogP contribution in [0.25, 0.3) is 11.1 Å². The Morgan fingerprint density at radius 2 is 1.96 bits per heavy atom. The first-order chi connectivity index (χ1) is 13.6. The van der Waals surface area contributed by atoms with Crippen LogP contribution in [-0.4, -0.2) is 35.4 Å². The molecule has 146 valence electrons. The molecular formula is C20H21N3O4S. The van der Waals surface area contributed by atoms with Gasteiger partial charge in [-0.3, -0.25) is 9.48 Å². The van der Waals surface area contributed by atoms with E-state index in [2.05, 4.69) is 10.4 Å². The second-order valence-corrected chi connectivity index (χ2v) is 6.72. The lowest BCUT2D eigenvalue weighted by Gasteiger charge is -2.09. The van der Waals surface area contributed by atoms with Crippen molar-refractivity contribution in [3.8, 4) is 16.9 Å². The molecule has 0 saturated carbocycles. The van der Waals surface area contributed by atoms with Gasteiger partial charge in [0.1, 0.15) is 16.3 Å². The number of aryl methyl sites for hydroxylation is 1. The molecule has 0 fully saturated rings. The quantitative estimate of drug-likeness (QED) is 0.606. The minimum Gasteiger partial charge on any atom is -0.497 e. The number of benzene rings is 1. The number of ether oxygens (including phenoxy) is 2. The molecule has 0 atom stereocenters. The van der Waals surface area contributed by atoms with Crippen LogP contribution in [0.5, 0.6) is 5.75 Å². The molecule has 0 aliphatic rings. The molecule has 7 nitrogen and oxygen atoms in total. The Morgan fingerprint density at radius 3 is 2.57 bits per heavy atom. The van der Waals surface area contributed by atoms with Crippen LogP contribution >= 0.6 is 11.3 Å². The van der Waals surface area contributed by atoms with Gasteiger partial charge in [-0.15, -0.1) is 11.3 Å². The minimum absolute atomic E-state index is 0.243. The van der Waals surface area contributed by atoms with Gasteiger partial charge in [0.05, 0.1) is 25.5 Å². The van der Waals surface area contributed by atoms with Crippen molar-refractivity contribution in [1.82, 2.24) is 9.78 Å². The van der Waals surface area contributed by atoms with Crippen LogP contribution in [-0.2, 0) is 11.3 Å². The first-order valence-corrected chi connectivity index (χ1v) is 9.72. The number of methoxy groups -OCH3 is 1. The van der Waals surface area contributed by atoms with Crippen molar-refractivity contribution in [2.45, 2.75) is 20.4 Å². The van der Waals surface area contributed by atoms with E-state index in [9.17, 15) is 9.59 Å². The number of hydrogen-bond donors (Lipinski definition) is 1. The molecule has 1 amide bonds. The molecule has 0 aliphatic heterocycles. The molecule has 0 saturated heterocycles. The van der Waals surface area contributed by atoms with Crippen LogP contribution in [0.2, 0.25) is 0 Å². The number of carbonyl (C=O) groups excluding carboxylic acids is 2. The van der Waals surface area contributed by atoms with Gasteiger partial charge in [0.15, 0.2) is 0 Å². The largest absolute Gasteiger partial charge is 0.497 e. The SMILES string of the molecule is CCOC(=O)c1c(-c2ccc(OC)cc2)csc1NC(=O)c1cnn(CC)c1. The minimum atomic E-state index is -0.478. The zero-order valence-corrected chi connectivity index (χ0v) is 16.7. The molecule has 0 aliphatic carbocycles. The average molecular weight is 399 g/mol. The van der Waals surface area contributed by atoms with Crippen molar-refractivity contribution >= 4 is 28.2 Å². The van der Waals surface area contributed by atoms with E-state index in [4.69, 9.17) is 9.47 Å². The van der Waals surface area contributed by atoms with E-state index in [1.165, 1.54) is 17.5 Å². The number of hydrogen-bond acceptors (Lipinski definition) is 6. The maximum atomic E-state index is 12.6.